The largest absolute Gasteiger partial charge is 0.378 e. The second kappa shape index (κ2) is 5.50. The molecule has 1 heterocycles. The summed E-state index contributed by atoms with van der Waals surface area (Å²) in [7, 11) is 4.09. The van der Waals surface area contributed by atoms with Gasteiger partial charge in [0.15, 0.2) is 0 Å². The van der Waals surface area contributed by atoms with Gasteiger partial charge in [0.25, 0.3) is 0 Å². The molecule has 0 spiro atoms. The SMILES string of the molecule is Cc1ncccc1C=Cc1ccc(N(C)C)cc1. The van der Waals surface area contributed by atoms with Crippen molar-refractivity contribution in [3.63, 3.8) is 0 Å². The van der Waals surface area contributed by atoms with E-state index in [1.54, 1.807) is 0 Å². The van der Waals surface area contributed by atoms with Gasteiger partial charge >= 0.3 is 0 Å². The zero-order valence-electron chi connectivity index (χ0n) is 11.1. The number of nitrogens with zero attached hydrogens (tertiary/aromatic N) is 2. The number of aryl methyl sites for hydroxylation is 1. The van der Waals surface area contributed by atoms with Crippen LogP contribution in [0.15, 0.2) is 42.6 Å². The molecule has 0 bridgehead atoms. The standard InChI is InChI=1S/C16H18N2/c1-13-15(5-4-12-17-13)9-6-14-7-10-16(11-8-14)18(2)3/h4-12H,1-3H3. The smallest absolute Gasteiger partial charge is 0.0444 e. The molecule has 18 heavy (non-hydrogen) atoms. The van der Waals surface area contributed by atoms with Crippen LogP contribution in [0.1, 0.15) is 16.8 Å². The predicted octanol–water partition coefficient (Wildman–Crippen LogP) is 3.63. The third-order valence-electron chi connectivity index (χ3n) is 2.91. The molecule has 0 unspecified atom stereocenters. The molecule has 1 aromatic heterocycles. The molecule has 2 aromatic rings. The van der Waals surface area contributed by atoms with Crippen molar-refractivity contribution in [2.45, 2.75) is 6.92 Å². The fourth-order valence-electron chi connectivity index (χ4n) is 1.74. The number of hydrogen-bond donors (Lipinski definition) is 0. The van der Waals surface area contributed by atoms with Crippen molar-refractivity contribution in [1.29, 1.82) is 0 Å². The van der Waals surface area contributed by atoms with Crippen molar-refractivity contribution in [1.82, 2.24) is 4.98 Å². The lowest BCUT2D eigenvalue weighted by atomic mass is 10.1. The van der Waals surface area contributed by atoms with E-state index in [1.807, 2.05) is 33.3 Å². The van der Waals surface area contributed by atoms with Crippen LogP contribution in [0.3, 0.4) is 0 Å². The van der Waals surface area contributed by atoms with Gasteiger partial charge in [0, 0.05) is 31.7 Å². The van der Waals surface area contributed by atoms with Gasteiger partial charge in [0.2, 0.25) is 0 Å². The van der Waals surface area contributed by atoms with E-state index in [-0.39, 0.29) is 0 Å². The number of aromatic nitrogens is 1. The lowest BCUT2D eigenvalue weighted by molar-refractivity contribution is 1.13. The topological polar surface area (TPSA) is 16.1 Å². The molecule has 0 N–H and O–H groups in total. The second-order valence-corrected chi connectivity index (χ2v) is 4.50. The Balaban J connectivity index is 2.17. The molecule has 0 saturated heterocycles. The van der Waals surface area contributed by atoms with E-state index in [0.29, 0.717) is 0 Å². The lowest BCUT2D eigenvalue weighted by Gasteiger charge is -2.11. The molecule has 0 amide bonds. The Morgan fingerprint density at radius 1 is 1.00 bits per heavy atom. The Bertz CT molecular complexity index is 539. The maximum absolute atomic E-state index is 4.27. The minimum Gasteiger partial charge on any atom is -0.378 e. The molecule has 2 rings (SSSR count). The molecule has 2 nitrogen and oxygen atoms in total. The van der Waals surface area contributed by atoms with Crippen molar-refractivity contribution in [2.24, 2.45) is 0 Å². The summed E-state index contributed by atoms with van der Waals surface area (Å²) in [5.41, 5.74) is 4.63. The summed E-state index contributed by atoms with van der Waals surface area (Å²) in [4.78, 5) is 6.37. The Hall–Kier alpha value is -2.09. The number of pyridine rings is 1. The first kappa shape index (κ1) is 12.4. The van der Waals surface area contributed by atoms with Gasteiger partial charge in [-0.2, -0.15) is 0 Å². The van der Waals surface area contributed by atoms with Gasteiger partial charge in [-0.05, 0) is 36.2 Å². The van der Waals surface area contributed by atoms with Gasteiger partial charge in [-0.25, -0.2) is 0 Å². The van der Waals surface area contributed by atoms with Crippen LogP contribution < -0.4 is 4.90 Å². The maximum Gasteiger partial charge on any atom is 0.0444 e. The third kappa shape index (κ3) is 2.98. The molecule has 0 atom stereocenters. The highest BCUT2D eigenvalue weighted by molar-refractivity contribution is 5.71. The molecule has 92 valence electrons. The first-order valence-corrected chi connectivity index (χ1v) is 6.04. The van der Waals surface area contributed by atoms with Gasteiger partial charge in [0.05, 0.1) is 0 Å². The van der Waals surface area contributed by atoms with Crippen molar-refractivity contribution < 1.29 is 0 Å². The molecule has 0 aliphatic rings. The first-order valence-electron chi connectivity index (χ1n) is 6.04. The molecule has 0 aliphatic carbocycles. The summed E-state index contributed by atoms with van der Waals surface area (Å²) in [6, 6.07) is 12.5. The van der Waals surface area contributed by atoms with E-state index in [0.717, 1.165) is 11.3 Å². The molecular formula is C16H18N2. The van der Waals surface area contributed by atoms with Crippen LogP contribution in [0.25, 0.3) is 12.2 Å². The Labute approximate surface area is 109 Å². The van der Waals surface area contributed by atoms with Gasteiger partial charge < -0.3 is 4.90 Å². The van der Waals surface area contributed by atoms with E-state index in [1.165, 1.54) is 11.3 Å². The number of rotatable bonds is 3. The average Bonchev–Trinajstić information content (AvgIpc) is 2.38. The van der Waals surface area contributed by atoms with Gasteiger partial charge in [-0.15, -0.1) is 0 Å². The minimum atomic E-state index is 1.05. The third-order valence-corrected chi connectivity index (χ3v) is 2.91. The molecule has 2 heteroatoms. The summed E-state index contributed by atoms with van der Waals surface area (Å²) in [5.74, 6) is 0. The van der Waals surface area contributed by atoms with Crippen LogP contribution in [0, 0.1) is 6.92 Å². The summed E-state index contributed by atoms with van der Waals surface area (Å²) < 4.78 is 0. The van der Waals surface area contributed by atoms with Crippen molar-refractivity contribution in [2.75, 3.05) is 19.0 Å². The van der Waals surface area contributed by atoms with Crippen LogP contribution in [0.2, 0.25) is 0 Å². The molecule has 0 radical (unpaired) electrons. The van der Waals surface area contributed by atoms with Crippen molar-refractivity contribution in [3.05, 3.63) is 59.4 Å². The van der Waals surface area contributed by atoms with Crippen LogP contribution >= 0.6 is 0 Å². The lowest BCUT2D eigenvalue weighted by Crippen LogP contribution is -2.07. The van der Waals surface area contributed by atoms with Gasteiger partial charge in [-0.3, -0.25) is 4.98 Å². The fourth-order valence-corrected chi connectivity index (χ4v) is 1.74. The monoisotopic (exact) mass is 238 g/mol. The second-order valence-electron chi connectivity index (χ2n) is 4.50. The summed E-state index contributed by atoms with van der Waals surface area (Å²) >= 11 is 0. The summed E-state index contributed by atoms with van der Waals surface area (Å²) in [6.45, 7) is 2.02. The van der Waals surface area contributed by atoms with E-state index >= 15 is 0 Å². The Morgan fingerprint density at radius 2 is 1.72 bits per heavy atom. The van der Waals surface area contributed by atoms with Crippen LogP contribution in [-0.2, 0) is 0 Å². The van der Waals surface area contributed by atoms with Gasteiger partial charge in [-0.1, -0.05) is 30.4 Å². The maximum atomic E-state index is 4.27. The highest BCUT2D eigenvalue weighted by Gasteiger charge is 1.95. The number of hydrogen-bond acceptors (Lipinski definition) is 2. The predicted molar refractivity (Wildman–Crippen MR) is 78.7 cm³/mol. The zero-order chi connectivity index (χ0) is 13.0. The zero-order valence-corrected chi connectivity index (χ0v) is 11.1. The minimum absolute atomic E-state index is 1.05. The highest BCUT2D eigenvalue weighted by Crippen LogP contribution is 2.15. The van der Waals surface area contributed by atoms with Crippen molar-refractivity contribution in [3.8, 4) is 0 Å². The molecular weight excluding hydrogens is 220 g/mol. The van der Waals surface area contributed by atoms with Crippen LogP contribution in [0.5, 0.6) is 0 Å². The Morgan fingerprint density at radius 3 is 2.33 bits per heavy atom. The van der Waals surface area contributed by atoms with E-state index in [2.05, 4.69) is 52.4 Å². The summed E-state index contributed by atoms with van der Waals surface area (Å²) in [5, 5.41) is 0. The highest BCUT2D eigenvalue weighted by atomic mass is 15.1. The van der Waals surface area contributed by atoms with E-state index in [9.17, 15) is 0 Å². The quantitative estimate of drug-likeness (QED) is 0.811. The van der Waals surface area contributed by atoms with E-state index in [4.69, 9.17) is 0 Å². The normalized spacial score (nSPS) is 10.8. The van der Waals surface area contributed by atoms with Crippen LogP contribution in [0.4, 0.5) is 5.69 Å². The first-order chi connectivity index (χ1) is 8.66. The number of anilines is 1. The van der Waals surface area contributed by atoms with E-state index < -0.39 is 0 Å². The van der Waals surface area contributed by atoms with Crippen molar-refractivity contribution >= 4 is 17.8 Å². The van der Waals surface area contributed by atoms with Gasteiger partial charge in [0.1, 0.15) is 0 Å². The Kier molecular flexibility index (Phi) is 3.78. The molecule has 0 saturated carbocycles. The molecule has 0 aliphatic heterocycles. The fraction of sp³-hybridized carbons (Fsp3) is 0.188. The van der Waals surface area contributed by atoms with Crippen LogP contribution in [-0.4, -0.2) is 19.1 Å². The summed E-state index contributed by atoms with van der Waals surface area (Å²) in [6.07, 6.45) is 6.04. The molecule has 1 aromatic carbocycles. The molecule has 0 fully saturated rings. The average molecular weight is 238 g/mol. The number of benzene rings is 1.